The van der Waals surface area contributed by atoms with Gasteiger partial charge in [-0.15, -0.1) is 0 Å². The third-order valence-electron chi connectivity index (χ3n) is 2.55. The second kappa shape index (κ2) is 4.57. The second-order valence-electron chi connectivity index (χ2n) is 4.01. The van der Waals surface area contributed by atoms with Crippen LogP contribution in [0.4, 0.5) is 5.69 Å². The molecule has 2 rings (SSSR count). The number of carbonyl (C=O) groups is 1. The molecule has 1 aromatic rings. The molecule has 0 aromatic carbocycles. The van der Waals surface area contributed by atoms with Crippen LogP contribution in [0.1, 0.15) is 35.8 Å². The Morgan fingerprint density at radius 3 is 3.00 bits per heavy atom. The molecule has 88 valence electrons. The van der Waals surface area contributed by atoms with Crippen molar-refractivity contribution in [1.29, 1.82) is 0 Å². The van der Waals surface area contributed by atoms with Gasteiger partial charge in [-0.2, -0.15) is 0 Å². The third-order valence-corrected chi connectivity index (χ3v) is 2.55. The average Bonchev–Trinajstić information content (AvgIpc) is 3.02. The summed E-state index contributed by atoms with van der Waals surface area (Å²) in [4.78, 5) is 11.7. The van der Waals surface area contributed by atoms with Gasteiger partial charge in [0.1, 0.15) is 5.69 Å². The van der Waals surface area contributed by atoms with Crippen LogP contribution < -0.4 is 5.73 Å². The van der Waals surface area contributed by atoms with E-state index in [0.717, 1.165) is 12.8 Å². The molecule has 0 saturated heterocycles. The van der Waals surface area contributed by atoms with Crippen molar-refractivity contribution in [1.82, 2.24) is 4.57 Å². The predicted octanol–water partition coefficient (Wildman–Crippen LogP) is 0.944. The summed E-state index contributed by atoms with van der Waals surface area (Å²) in [5.74, 6) is -0.364. The van der Waals surface area contributed by atoms with Crippen LogP contribution in [-0.4, -0.2) is 28.9 Å². The molecule has 3 N–H and O–H groups in total. The lowest BCUT2D eigenvalue weighted by Gasteiger charge is -2.07. The number of rotatable bonds is 5. The summed E-state index contributed by atoms with van der Waals surface area (Å²) in [6.45, 7) is 0.268. The molecule has 1 fully saturated rings. The molecule has 16 heavy (non-hydrogen) atoms. The smallest absolute Gasteiger partial charge is 0.355 e. The van der Waals surface area contributed by atoms with E-state index in [4.69, 9.17) is 15.6 Å². The molecule has 0 radical (unpaired) electrons. The monoisotopic (exact) mass is 224 g/mol. The first kappa shape index (κ1) is 11.0. The Morgan fingerprint density at radius 1 is 1.62 bits per heavy atom. The lowest BCUT2D eigenvalue weighted by Crippen LogP contribution is -2.12. The number of nitrogen functional groups attached to an aromatic ring is 1. The lowest BCUT2D eigenvalue weighted by atomic mass is 10.4. The minimum atomic E-state index is -0.364. The van der Waals surface area contributed by atoms with Gasteiger partial charge in [0.2, 0.25) is 0 Å². The van der Waals surface area contributed by atoms with E-state index >= 15 is 0 Å². The molecule has 0 spiro atoms. The fourth-order valence-corrected chi connectivity index (χ4v) is 1.62. The summed E-state index contributed by atoms with van der Waals surface area (Å²) >= 11 is 0. The fourth-order valence-electron chi connectivity index (χ4n) is 1.62. The first-order valence-electron chi connectivity index (χ1n) is 5.47. The largest absolute Gasteiger partial charge is 0.461 e. The van der Waals surface area contributed by atoms with Crippen LogP contribution in [0.3, 0.4) is 0 Å². The number of ether oxygens (including phenoxy) is 1. The molecular formula is C11H16N2O3. The van der Waals surface area contributed by atoms with Gasteiger partial charge in [-0.05, 0) is 18.9 Å². The molecule has 0 bridgehead atoms. The zero-order valence-corrected chi connectivity index (χ0v) is 9.06. The van der Waals surface area contributed by atoms with E-state index in [1.54, 1.807) is 12.3 Å². The van der Waals surface area contributed by atoms with Crippen molar-refractivity contribution in [3.05, 3.63) is 18.0 Å². The third kappa shape index (κ3) is 2.36. The number of hydrogen-bond donors (Lipinski definition) is 2. The number of esters is 1. The highest BCUT2D eigenvalue weighted by molar-refractivity contribution is 5.89. The van der Waals surface area contributed by atoms with Crippen LogP contribution in [0.2, 0.25) is 0 Å². The highest BCUT2D eigenvalue weighted by Crippen LogP contribution is 2.37. The van der Waals surface area contributed by atoms with Crippen molar-refractivity contribution in [3.8, 4) is 0 Å². The second-order valence-corrected chi connectivity index (χ2v) is 4.01. The Bertz CT molecular complexity index is 383. The van der Waals surface area contributed by atoms with Gasteiger partial charge in [0.25, 0.3) is 0 Å². The molecule has 0 amide bonds. The number of hydrogen-bond acceptors (Lipinski definition) is 4. The molecule has 1 saturated carbocycles. The standard InChI is InChI=1S/C11H16N2O3/c12-8-6-10(11(15)16-5-1-4-14)13(7-8)9-2-3-9/h6-7,9,14H,1-5,12H2. The van der Waals surface area contributed by atoms with Gasteiger partial charge in [0.05, 0.1) is 12.3 Å². The van der Waals surface area contributed by atoms with Gasteiger partial charge in [-0.1, -0.05) is 0 Å². The SMILES string of the molecule is Nc1cc(C(=O)OCCCO)n(C2CC2)c1. The number of nitrogens with two attached hydrogens (primary N) is 1. The summed E-state index contributed by atoms with van der Waals surface area (Å²) in [6.07, 6.45) is 4.42. The average molecular weight is 224 g/mol. The maximum absolute atomic E-state index is 11.7. The lowest BCUT2D eigenvalue weighted by molar-refractivity contribution is 0.0469. The molecule has 0 atom stereocenters. The Labute approximate surface area is 93.8 Å². The summed E-state index contributed by atoms with van der Waals surface area (Å²) in [7, 11) is 0. The minimum Gasteiger partial charge on any atom is -0.461 e. The van der Waals surface area contributed by atoms with Gasteiger partial charge in [-0.3, -0.25) is 0 Å². The number of aliphatic hydroxyl groups is 1. The first-order chi connectivity index (χ1) is 7.72. The van der Waals surface area contributed by atoms with E-state index in [1.165, 1.54) is 0 Å². The molecule has 5 heteroatoms. The Hall–Kier alpha value is -1.49. The van der Waals surface area contributed by atoms with E-state index in [2.05, 4.69) is 0 Å². The maximum Gasteiger partial charge on any atom is 0.355 e. The van der Waals surface area contributed by atoms with Crippen LogP contribution in [0.5, 0.6) is 0 Å². The van der Waals surface area contributed by atoms with Gasteiger partial charge in [0, 0.05) is 25.3 Å². The molecular weight excluding hydrogens is 208 g/mol. The van der Waals surface area contributed by atoms with Crippen molar-refractivity contribution in [2.24, 2.45) is 0 Å². The van der Waals surface area contributed by atoms with Crippen molar-refractivity contribution in [2.75, 3.05) is 18.9 Å². The summed E-state index contributed by atoms with van der Waals surface area (Å²) in [6, 6.07) is 2.04. The van der Waals surface area contributed by atoms with Crippen LogP contribution in [-0.2, 0) is 4.74 Å². The molecule has 1 aliphatic carbocycles. The van der Waals surface area contributed by atoms with Gasteiger partial charge in [-0.25, -0.2) is 4.79 Å². The van der Waals surface area contributed by atoms with Crippen LogP contribution in [0, 0.1) is 0 Å². The highest BCUT2D eigenvalue weighted by atomic mass is 16.5. The fraction of sp³-hybridized carbons (Fsp3) is 0.545. The molecule has 1 aliphatic rings. The van der Waals surface area contributed by atoms with Gasteiger partial charge < -0.3 is 20.1 Å². The van der Waals surface area contributed by atoms with Crippen LogP contribution in [0.25, 0.3) is 0 Å². The number of nitrogens with zero attached hydrogens (tertiary/aromatic N) is 1. The Morgan fingerprint density at radius 2 is 2.38 bits per heavy atom. The molecule has 5 nitrogen and oxygen atoms in total. The summed E-state index contributed by atoms with van der Waals surface area (Å²) < 4.78 is 6.91. The normalized spacial score (nSPS) is 15.1. The Kier molecular flexibility index (Phi) is 3.14. The zero-order chi connectivity index (χ0) is 11.5. The number of carbonyl (C=O) groups excluding carboxylic acids is 1. The van der Waals surface area contributed by atoms with Crippen molar-refractivity contribution >= 4 is 11.7 Å². The van der Waals surface area contributed by atoms with Crippen molar-refractivity contribution in [2.45, 2.75) is 25.3 Å². The molecule has 1 heterocycles. The topological polar surface area (TPSA) is 77.5 Å². The first-order valence-corrected chi connectivity index (χ1v) is 5.47. The number of anilines is 1. The van der Waals surface area contributed by atoms with Gasteiger partial charge in [0.15, 0.2) is 0 Å². The maximum atomic E-state index is 11.7. The highest BCUT2D eigenvalue weighted by Gasteiger charge is 2.28. The number of aliphatic hydroxyl groups excluding tert-OH is 1. The van der Waals surface area contributed by atoms with Crippen molar-refractivity contribution in [3.63, 3.8) is 0 Å². The predicted molar refractivity (Wildman–Crippen MR) is 59.1 cm³/mol. The van der Waals surface area contributed by atoms with E-state index in [9.17, 15) is 4.79 Å². The molecule has 0 unspecified atom stereocenters. The van der Waals surface area contributed by atoms with Gasteiger partial charge >= 0.3 is 5.97 Å². The van der Waals surface area contributed by atoms with Crippen molar-refractivity contribution < 1.29 is 14.6 Å². The Balaban J connectivity index is 2.03. The molecule has 0 aliphatic heterocycles. The van der Waals surface area contributed by atoms with Crippen LogP contribution in [0.15, 0.2) is 12.3 Å². The molecule has 1 aromatic heterocycles. The summed E-state index contributed by atoms with van der Waals surface area (Å²) in [5.41, 5.74) is 6.77. The van der Waals surface area contributed by atoms with E-state index in [-0.39, 0.29) is 19.2 Å². The summed E-state index contributed by atoms with van der Waals surface area (Å²) in [5, 5.41) is 8.59. The zero-order valence-electron chi connectivity index (χ0n) is 9.06. The van der Waals surface area contributed by atoms with E-state index in [1.807, 2.05) is 4.57 Å². The minimum absolute atomic E-state index is 0.0268. The van der Waals surface area contributed by atoms with E-state index in [0.29, 0.717) is 23.8 Å². The van der Waals surface area contributed by atoms with Crippen LogP contribution >= 0.6 is 0 Å². The van der Waals surface area contributed by atoms with E-state index < -0.39 is 0 Å². The quantitative estimate of drug-likeness (QED) is 0.576. The number of aromatic nitrogens is 1.